The third-order valence-electron chi connectivity index (χ3n) is 2.81. The van der Waals surface area contributed by atoms with Crippen LogP contribution in [0.1, 0.15) is 10.4 Å². The van der Waals surface area contributed by atoms with E-state index < -0.39 is 11.8 Å². The lowest BCUT2D eigenvalue weighted by atomic mass is 10.1. The fourth-order valence-corrected chi connectivity index (χ4v) is 1.87. The Morgan fingerprint density at radius 3 is 3.00 bits per heavy atom. The van der Waals surface area contributed by atoms with Crippen LogP contribution < -0.4 is 0 Å². The molecule has 5 nitrogen and oxygen atoms in total. The van der Waals surface area contributed by atoms with Crippen LogP contribution >= 0.6 is 0 Å². The summed E-state index contributed by atoms with van der Waals surface area (Å²) in [4.78, 5) is 19.9. The lowest BCUT2D eigenvalue weighted by Gasteiger charge is -2.02. The van der Waals surface area contributed by atoms with E-state index in [-0.39, 0.29) is 11.5 Å². The van der Waals surface area contributed by atoms with Gasteiger partial charge in [-0.05, 0) is 18.2 Å². The molecule has 0 aliphatic rings. The number of oxazole rings is 1. The standard InChI is InChI=1S/C14H9FN2O3/c1-19-14(18)9-4-5-16-7-10(9)13-17-11-3-2-8(15)6-12(11)20-13/h2-7H,1H3. The van der Waals surface area contributed by atoms with Crippen molar-refractivity contribution < 1.29 is 18.3 Å². The minimum Gasteiger partial charge on any atom is -0.465 e. The van der Waals surface area contributed by atoms with Gasteiger partial charge in [0.15, 0.2) is 5.58 Å². The van der Waals surface area contributed by atoms with E-state index >= 15 is 0 Å². The zero-order valence-corrected chi connectivity index (χ0v) is 10.5. The first-order chi connectivity index (χ1) is 9.69. The van der Waals surface area contributed by atoms with Gasteiger partial charge in [0.1, 0.15) is 11.3 Å². The number of nitrogens with zero attached hydrogens (tertiary/aromatic N) is 2. The molecule has 0 saturated heterocycles. The molecule has 0 fully saturated rings. The van der Waals surface area contributed by atoms with Crippen molar-refractivity contribution in [2.75, 3.05) is 7.11 Å². The molecule has 2 aromatic heterocycles. The molecule has 0 atom stereocenters. The van der Waals surface area contributed by atoms with Gasteiger partial charge in [-0.25, -0.2) is 14.2 Å². The molecule has 3 aromatic rings. The highest BCUT2D eigenvalue weighted by Gasteiger charge is 2.18. The Hall–Kier alpha value is -2.76. The summed E-state index contributed by atoms with van der Waals surface area (Å²) in [5.74, 6) is -0.741. The molecular formula is C14H9FN2O3. The highest BCUT2D eigenvalue weighted by atomic mass is 19.1. The molecule has 0 amide bonds. The Bertz CT molecular complexity index is 798. The predicted octanol–water partition coefficient (Wildman–Crippen LogP) is 2.82. The lowest BCUT2D eigenvalue weighted by Crippen LogP contribution is -2.03. The van der Waals surface area contributed by atoms with Crippen molar-refractivity contribution in [3.05, 3.63) is 48.0 Å². The summed E-state index contributed by atoms with van der Waals surface area (Å²) in [7, 11) is 1.29. The molecule has 20 heavy (non-hydrogen) atoms. The highest BCUT2D eigenvalue weighted by Crippen LogP contribution is 2.27. The Kier molecular flexibility index (Phi) is 2.90. The summed E-state index contributed by atoms with van der Waals surface area (Å²) in [6, 6.07) is 5.54. The fourth-order valence-electron chi connectivity index (χ4n) is 1.87. The van der Waals surface area contributed by atoms with E-state index in [1.807, 2.05) is 0 Å². The van der Waals surface area contributed by atoms with E-state index in [0.29, 0.717) is 16.7 Å². The van der Waals surface area contributed by atoms with Gasteiger partial charge in [-0.3, -0.25) is 4.98 Å². The Balaban J connectivity index is 2.18. The van der Waals surface area contributed by atoms with E-state index in [1.165, 1.54) is 43.8 Å². The number of carbonyl (C=O) groups excluding carboxylic acids is 1. The SMILES string of the molecule is COC(=O)c1ccncc1-c1nc2ccc(F)cc2o1. The average Bonchev–Trinajstić information content (AvgIpc) is 2.89. The Morgan fingerprint density at radius 1 is 1.35 bits per heavy atom. The quantitative estimate of drug-likeness (QED) is 0.671. The predicted molar refractivity (Wildman–Crippen MR) is 68.5 cm³/mol. The number of rotatable bonds is 2. The Labute approximate surface area is 113 Å². The molecule has 2 heterocycles. The molecule has 0 aliphatic carbocycles. The van der Waals surface area contributed by atoms with Crippen LogP contribution in [0.15, 0.2) is 41.1 Å². The first-order valence-corrected chi connectivity index (χ1v) is 5.78. The summed E-state index contributed by atoms with van der Waals surface area (Å²) < 4.78 is 23.3. The number of benzene rings is 1. The van der Waals surface area contributed by atoms with Gasteiger partial charge in [0.25, 0.3) is 0 Å². The lowest BCUT2D eigenvalue weighted by molar-refractivity contribution is 0.0601. The second-order valence-electron chi connectivity index (χ2n) is 4.04. The van der Waals surface area contributed by atoms with Gasteiger partial charge in [-0.2, -0.15) is 0 Å². The van der Waals surface area contributed by atoms with Gasteiger partial charge in [-0.1, -0.05) is 0 Å². The minimum absolute atomic E-state index is 0.194. The second kappa shape index (κ2) is 4.73. The smallest absolute Gasteiger partial charge is 0.338 e. The molecule has 0 bridgehead atoms. The molecular weight excluding hydrogens is 263 g/mol. The zero-order chi connectivity index (χ0) is 14.1. The van der Waals surface area contributed by atoms with Crippen LogP contribution in [-0.4, -0.2) is 23.0 Å². The van der Waals surface area contributed by atoms with E-state index in [0.717, 1.165) is 0 Å². The molecule has 1 aromatic carbocycles. The third kappa shape index (κ3) is 2.01. The number of pyridine rings is 1. The van der Waals surface area contributed by atoms with Crippen LogP contribution in [-0.2, 0) is 4.74 Å². The average molecular weight is 272 g/mol. The topological polar surface area (TPSA) is 65.2 Å². The van der Waals surface area contributed by atoms with Gasteiger partial charge in [0, 0.05) is 18.5 Å². The molecule has 0 spiro atoms. The summed E-state index contributed by atoms with van der Waals surface area (Å²) in [6.45, 7) is 0. The number of hydrogen-bond donors (Lipinski definition) is 0. The molecule has 0 radical (unpaired) electrons. The van der Waals surface area contributed by atoms with E-state index in [1.54, 1.807) is 0 Å². The van der Waals surface area contributed by atoms with Gasteiger partial charge >= 0.3 is 5.97 Å². The van der Waals surface area contributed by atoms with E-state index in [4.69, 9.17) is 9.15 Å². The summed E-state index contributed by atoms with van der Waals surface area (Å²) >= 11 is 0. The van der Waals surface area contributed by atoms with Crippen molar-refractivity contribution in [1.82, 2.24) is 9.97 Å². The van der Waals surface area contributed by atoms with Crippen molar-refractivity contribution >= 4 is 17.1 Å². The van der Waals surface area contributed by atoms with Crippen molar-refractivity contribution in [2.45, 2.75) is 0 Å². The number of carbonyl (C=O) groups is 1. The van der Waals surface area contributed by atoms with Crippen molar-refractivity contribution in [1.29, 1.82) is 0 Å². The van der Waals surface area contributed by atoms with Crippen LogP contribution in [0.25, 0.3) is 22.6 Å². The van der Waals surface area contributed by atoms with E-state index in [9.17, 15) is 9.18 Å². The van der Waals surface area contributed by atoms with Crippen molar-refractivity contribution in [2.24, 2.45) is 0 Å². The fraction of sp³-hybridized carbons (Fsp3) is 0.0714. The number of esters is 1. The summed E-state index contributed by atoms with van der Waals surface area (Å²) in [5.41, 5.74) is 1.49. The number of halogens is 1. The molecule has 0 saturated carbocycles. The number of methoxy groups -OCH3 is 1. The number of aromatic nitrogens is 2. The molecule has 100 valence electrons. The molecule has 0 aliphatic heterocycles. The summed E-state index contributed by atoms with van der Waals surface area (Å²) in [6.07, 6.45) is 2.92. The normalized spacial score (nSPS) is 10.7. The second-order valence-corrected chi connectivity index (χ2v) is 4.04. The van der Waals surface area contributed by atoms with Crippen LogP contribution in [0.3, 0.4) is 0 Å². The first kappa shape index (κ1) is 12.3. The molecule has 3 rings (SSSR count). The van der Waals surface area contributed by atoms with Crippen LogP contribution in [0.2, 0.25) is 0 Å². The van der Waals surface area contributed by atoms with Crippen molar-refractivity contribution in [3.8, 4) is 11.5 Å². The van der Waals surface area contributed by atoms with Gasteiger partial charge in [0.05, 0.1) is 18.2 Å². The Morgan fingerprint density at radius 2 is 2.20 bits per heavy atom. The largest absolute Gasteiger partial charge is 0.465 e. The number of ether oxygens (including phenoxy) is 1. The molecule has 0 unspecified atom stereocenters. The minimum atomic E-state index is -0.518. The maximum absolute atomic E-state index is 13.1. The van der Waals surface area contributed by atoms with Gasteiger partial charge < -0.3 is 9.15 Å². The van der Waals surface area contributed by atoms with Crippen LogP contribution in [0, 0.1) is 5.82 Å². The maximum Gasteiger partial charge on any atom is 0.338 e. The van der Waals surface area contributed by atoms with Crippen molar-refractivity contribution in [3.63, 3.8) is 0 Å². The number of fused-ring (bicyclic) bond motifs is 1. The van der Waals surface area contributed by atoms with Crippen LogP contribution in [0.5, 0.6) is 0 Å². The third-order valence-corrected chi connectivity index (χ3v) is 2.81. The number of hydrogen-bond acceptors (Lipinski definition) is 5. The molecule has 0 N–H and O–H groups in total. The molecule has 6 heteroatoms. The first-order valence-electron chi connectivity index (χ1n) is 5.78. The summed E-state index contributed by atoms with van der Waals surface area (Å²) in [5, 5.41) is 0. The van der Waals surface area contributed by atoms with Crippen LogP contribution in [0.4, 0.5) is 4.39 Å². The van der Waals surface area contributed by atoms with Gasteiger partial charge in [0.2, 0.25) is 5.89 Å². The van der Waals surface area contributed by atoms with E-state index in [2.05, 4.69) is 9.97 Å². The van der Waals surface area contributed by atoms with Gasteiger partial charge in [-0.15, -0.1) is 0 Å². The maximum atomic E-state index is 13.1. The highest BCUT2D eigenvalue weighted by molar-refractivity contribution is 5.96. The monoisotopic (exact) mass is 272 g/mol. The zero-order valence-electron chi connectivity index (χ0n) is 10.5.